The van der Waals surface area contributed by atoms with Crippen molar-refractivity contribution in [2.45, 2.75) is 4.90 Å². The van der Waals surface area contributed by atoms with E-state index in [4.69, 9.17) is 0 Å². The summed E-state index contributed by atoms with van der Waals surface area (Å²) in [5.41, 5.74) is -0.0330. The Morgan fingerprint density at radius 3 is 2.25 bits per heavy atom. The number of carbonyl (C=O) groups excluding carboxylic acids is 2. The van der Waals surface area contributed by atoms with Crippen molar-refractivity contribution >= 4 is 39.0 Å². The Morgan fingerprint density at radius 1 is 1.08 bits per heavy atom. The highest BCUT2D eigenvalue weighted by atomic mass is 32.2. The van der Waals surface area contributed by atoms with Crippen molar-refractivity contribution in [3.63, 3.8) is 0 Å². The molecule has 1 aromatic heterocycles. The van der Waals surface area contributed by atoms with Gasteiger partial charge in [-0.25, -0.2) is 18.0 Å². The fraction of sp³-hybridized carbons (Fsp3) is 0.200. The third-order valence-corrected chi connectivity index (χ3v) is 5.66. The van der Waals surface area contributed by atoms with Crippen LogP contribution >= 0.6 is 11.3 Å². The lowest BCUT2D eigenvalue weighted by Gasteiger charge is -2.25. The lowest BCUT2D eigenvalue weighted by molar-refractivity contribution is 0.0607. The van der Waals surface area contributed by atoms with E-state index in [-0.39, 0.29) is 15.5 Å². The summed E-state index contributed by atoms with van der Waals surface area (Å²) in [7, 11) is -0.140. The number of sulfonamides is 1. The molecule has 0 unspecified atom stereocenters. The van der Waals surface area contributed by atoms with Gasteiger partial charge < -0.3 is 9.64 Å². The van der Waals surface area contributed by atoms with E-state index < -0.39 is 22.0 Å². The summed E-state index contributed by atoms with van der Waals surface area (Å²) < 4.78 is 31.2. The van der Waals surface area contributed by atoms with Crippen molar-refractivity contribution in [2.75, 3.05) is 25.5 Å². The van der Waals surface area contributed by atoms with Gasteiger partial charge in [-0.05, 0) is 23.6 Å². The molecular formula is C15H16N2O5S2. The van der Waals surface area contributed by atoms with E-state index in [1.54, 1.807) is 18.2 Å². The summed E-state index contributed by atoms with van der Waals surface area (Å²) >= 11 is 1.000. The van der Waals surface area contributed by atoms with Crippen LogP contribution in [0.5, 0.6) is 0 Å². The summed E-state index contributed by atoms with van der Waals surface area (Å²) in [5.74, 6) is -0.709. The molecule has 9 heteroatoms. The standard InChI is InChI=1S/C15H16N2O5S2/c1-16(2)15(19)17(12-9-10-23-13(12)14(18)22-3)24(20,21)11-7-5-4-6-8-11/h4-10H,1-3H3. The molecule has 1 aromatic carbocycles. The molecule has 2 amide bonds. The Balaban J connectivity index is 2.66. The predicted octanol–water partition coefficient (Wildman–Crippen LogP) is 2.41. The summed E-state index contributed by atoms with van der Waals surface area (Å²) in [6.07, 6.45) is 0. The lowest BCUT2D eigenvalue weighted by Crippen LogP contribution is -2.43. The number of hydrogen-bond acceptors (Lipinski definition) is 6. The Labute approximate surface area is 144 Å². The molecule has 0 aliphatic rings. The van der Waals surface area contributed by atoms with Crippen molar-refractivity contribution in [2.24, 2.45) is 0 Å². The van der Waals surface area contributed by atoms with E-state index in [0.29, 0.717) is 4.31 Å². The highest BCUT2D eigenvalue weighted by Crippen LogP contribution is 2.32. The number of amides is 2. The van der Waals surface area contributed by atoms with Crippen LogP contribution in [0.3, 0.4) is 0 Å². The highest BCUT2D eigenvalue weighted by Gasteiger charge is 2.35. The molecule has 7 nitrogen and oxygen atoms in total. The van der Waals surface area contributed by atoms with Crippen LogP contribution in [0, 0.1) is 0 Å². The number of thiophene rings is 1. The summed E-state index contributed by atoms with van der Waals surface area (Å²) in [6.45, 7) is 0. The number of esters is 1. The van der Waals surface area contributed by atoms with Crippen LogP contribution < -0.4 is 4.31 Å². The van der Waals surface area contributed by atoms with Gasteiger partial charge in [-0.15, -0.1) is 11.3 Å². The molecule has 1 heterocycles. The third kappa shape index (κ3) is 3.26. The van der Waals surface area contributed by atoms with E-state index in [1.807, 2.05) is 0 Å². The topological polar surface area (TPSA) is 84.0 Å². The van der Waals surface area contributed by atoms with Crippen molar-refractivity contribution in [1.82, 2.24) is 4.90 Å². The van der Waals surface area contributed by atoms with Crippen molar-refractivity contribution < 1.29 is 22.7 Å². The SMILES string of the molecule is COC(=O)c1sccc1N(C(=O)N(C)C)S(=O)(=O)c1ccccc1. The number of hydrogen-bond donors (Lipinski definition) is 0. The zero-order valence-corrected chi connectivity index (χ0v) is 14.9. The van der Waals surface area contributed by atoms with Crippen LogP contribution in [-0.4, -0.2) is 46.5 Å². The fourth-order valence-electron chi connectivity index (χ4n) is 1.92. The van der Waals surface area contributed by atoms with Gasteiger partial charge in [-0.2, -0.15) is 4.31 Å². The summed E-state index contributed by atoms with van der Waals surface area (Å²) in [5, 5.41) is 1.53. The molecule has 0 atom stereocenters. The molecule has 0 radical (unpaired) electrons. The number of anilines is 1. The second-order valence-corrected chi connectivity index (χ2v) is 7.59. The number of carbonyl (C=O) groups is 2. The van der Waals surface area contributed by atoms with Gasteiger partial charge >= 0.3 is 12.0 Å². The highest BCUT2D eigenvalue weighted by molar-refractivity contribution is 7.93. The molecule has 2 aromatic rings. The Kier molecular flexibility index (Phi) is 5.25. The van der Waals surface area contributed by atoms with Gasteiger partial charge in [-0.3, -0.25) is 0 Å². The van der Waals surface area contributed by atoms with E-state index in [2.05, 4.69) is 4.74 Å². The van der Waals surface area contributed by atoms with Gasteiger partial charge in [0.05, 0.1) is 17.7 Å². The molecule has 0 aliphatic heterocycles. The molecule has 24 heavy (non-hydrogen) atoms. The minimum Gasteiger partial charge on any atom is -0.465 e. The van der Waals surface area contributed by atoms with E-state index in [0.717, 1.165) is 16.2 Å². The molecule has 0 saturated carbocycles. The first kappa shape index (κ1) is 18.0. The van der Waals surface area contributed by atoms with Gasteiger partial charge in [0.25, 0.3) is 10.0 Å². The Bertz CT molecular complexity index is 844. The molecule has 0 N–H and O–H groups in total. The number of rotatable bonds is 4. The molecular weight excluding hydrogens is 352 g/mol. The lowest BCUT2D eigenvalue weighted by atomic mass is 10.4. The molecule has 0 aliphatic carbocycles. The molecule has 0 saturated heterocycles. The minimum atomic E-state index is -4.19. The second-order valence-electron chi connectivity index (χ2n) is 4.89. The maximum absolute atomic E-state index is 13.0. The quantitative estimate of drug-likeness (QED) is 0.774. The van der Waals surface area contributed by atoms with Gasteiger partial charge in [0.1, 0.15) is 4.88 Å². The minimum absolute atomic E-state index is 0.0330. The van der Waals surface area contributed by atoms with Crippen LogP contribution in [0.25, 0.3) is 0 Å². The molecule has 2 rings (SSSR count). The number of urea groups is 1. The van der Waals surface area contributed by atoms with Gasteiger partial charge in [-0.1, -0.05) is 18.2 Å². The van der Waals surface area contributed by atoms with E-state index in [1.165, 1.54) is 44.8 Å². The van der Waals surface area contributed by atoms with Crippen LogP contribution in [0.4, 0.5) is 10.5 Å². The third-order valence-electron chi connectivity index (χ3n) is 3.07. The number of methoxy groups -OCH3 is 1. The van der Waals surface area contributed by atoms with Crippen molar-refractivity contribution in [3.8, 4) is 0 Å². The smallest absolute Gasteiger partial charge is 0.350 e. The van der Waals surface area contributed by atoms with E-state index >= 15 is 0 Å². The molecule has 0 bridgehead atoms. The first-order valence-electron chi connectivity index (χ1n) is 6.78. The molecule has 0 fully saturated rings. The summed E-state index contributed by atoms with van der Waals surface area (Å²) in [6, 6.07) is 8.16. The molecule has 128 valence electrons. The average molecular weight is 368 g/mol. The Morgan fingerprint density at radius 2 is 1.71 bits per heavy atom. The van der Waals surface area contributed by atoms with Crippen LogP contribution in [0.1, 0.15) is 9.67 Å². The van der Waals surface area contributed by atoms with Crippen molar-refractivity contribution in [1.29, 1.82) is 0 Å². The maximum atomic E-state index is 13.0. The fourth-order valence-corrected chi connectivity index (χ4v) is 4.27. The second kappa shape index (κ2) is 7.02. The average Bonchev–Trinajstić information content (AvgIpc) is 3.03. The van der Waals surface area contributed by atoms with E-state index in [9.17, 15) is 18.0 Å². The van der Waals surface area contributed by atoms with Gasteiger partial charge in [0.2, 0.25) is 0 Å². The van der Waals surface area contributed by atoms with Crippen molar-refractivity contribution in [3.05, 3.63) is 46.7 Å². The largest absolute Gasteiger partial charge is 0.465 e. The zero-order valence-electron chi connectivity index (χ0n) is 13.3. The predicted molar refractivity (Wildman–Crippen MR) is 90.8 cm³/mol. The van der Waals surface area contributed by atoms with Crippen LogP contribution in [0.2, 0.25) is 0 Å². The normalized spacial score (nSPS) is 11.0. The van der Waals surface area contributed by atoms with Crippen LogP contribution in [0.15, 0.2) is 46.7 Å². The summed E-state index contributed by atoms with van der Waals surface area (Å²) in [4.78, 5) is 25.6. The number of ether oxygens (including phenoxy) is 1. The zero-order chi connectivity index (χ0) is 17.9. The monoisotopic (exact) mass is 368 g/mol. The molecule has 0 spiro atoms. The first-order chi connectivity index (χ1) is 11.3. The number of nitrogens with zero attached hydrogens (tertiary/aromatic N) is 2. The van der Waals surface area contributed by atoms with Gasteiger partial charge in [0, 0.05) is 14.1 Å². The van der Waals surface area contributed by atoms with Crippen LogP contribution in [-0.2, 0) is 14.8 Å². The first-order valence-corrected chi connectivity index (χ1v) is 9.10. The number of benzene rings is 1. The van der Waals surface area contributed by atoms with Gasteiger partial charge in [0.15, 0.2) is 0 Å². The maximum Gasteiger partial charge on any atom is 0.350 e. The Hall–Kier alpha value is -2.39.